The van der Waals surface area contributed by atoms with Crippen LogP contribution in [0.2, 0.25) is 0 Å². The minimum atomic E-state index is -1.06. The molecule has 1 fully saturated rings. The number of carbonyl (C=O) groups is 5. The number of hydrogen-bond acceptors (Lipinski definition) is 9. The van der Waals surface area contributed by atoms with Gasteiger partial charge in [-0.05, 0) is 46.0 Å². The zero-order valence-electron chi connectivity index (χ0n) is 21.5. The smallest absolute Gasteiger partial charge is 0.347 e. The minimum absolute atomic E-state index is 0.0202. The SMILES string of the molecule is CCNC(=O)CCC/C=C\C[C@@H]1[C@@H](C)[C@H](OC(=O)[C@H](C)OC(C)=O)C[C@@H]1OC(=O)[C@H](C)OC(C)=O. The van der Waals surface area contributed by atoms with Crippen LogP contribution in [0.15, 0.2) is 12.2 Å². The van der Waals surface area contributed by atoms with Crippen LogP contribution in [0.1, 0.15) is 73.6 Å². The molecule has 35 heavy (non-hydrogen) atoms. The molecule has 0 spiro atoms. The normalized spacial score (nSPS) is 23.3. The molecule has 0 aliphatic heterocycles. The van der Waals surface area contributed by atoms with Gasteiger partial charge in [0.25, 0.3) is 0 Å². The average molecular weight is 498 g/mol. The quantitative estimate of drug-likeness (QED) is 0.176. The zero-order valence-corrected chi connectivity index (χ0v) is 21.5. The third-order valence-corrected chi connectivity index (χ3v) is 5.81. The lowest BCUT2D eigenvalue weighted by molar-refractivity contribution is -0.172. The second-order valence-electron chi connectivity index (χ2n) is 8.77. The second-order valence-corrected chi connectivity index (χ2v) is 8.77. The van der Waals surface area contributed by atoms with Gasteiger partial charge in [0.05, 0.1) is 0 Å². The molecule has 0 aromatic rings. The number of amides is 1. The van der Waals surface area contributed by atoms with E-state index >= 15 is 0 Å². The van der Waals surface area contributed by atoms with Gasteiger partial charge in [-0.3, -0.25) is 14.4 Å². The summed E-state index contributed by atoms with van der Waals surface area (Å²) in [4.78, 5) is 58.7. The summed E-state index contributed by atoms with van der Waals surface area (Å²) in [6.45, 7) is 9.67. The van der Waals surface area contributed by atoms with Crippen molar-refractivity contribution in [2.75, 3.05) is 6.54 Å². The average Bonchev–Trinajstić information content (AvgIpc) is 3.03. The lowest BCUT2D eigenvalue weighted by Gasteiger charge is -2.23. The monoisotopic (exact) mass is 497 g/mol. The van der Waals surface area contributed by atoms with Gasteiger partial charge in [0.2, 0.25) is 5.91 Å². The molecule has 1 aliphatic rings. The Kier molecular flexibility index (Phi) is 13.0. The molecule has 0 radical (unpaired) electrons. The number of rotatable bonds is 13. The molecule has 0 bridgehead atoms. The highest BCUT2D eigenvalue weighted by Crippen LogP contribution is 2.39. The minimum Gasteiger partial charge on any atom is -0.459 e. The maximum Gasteiger partial charge on any atom is 0.347 e. The van der Waals surface area contributed by atoms with Gasteiger partial charge in [0, 0.05) is 39.2 Å². The summed E-state index contributed by atoms with van der Waals surface area (Å²) in [6.07, 6.45) is 3.48. The van der Waals surface area contributed by atoms with Crippen molar-refractivity contribution in [1.29, 1.82) is 0 Å². The molecule has 1 aliphatic carbocycles. The predicted octanol–water partition coefficient (Wildman–Crippen LogP) is 2.62. The summed E-state index contributed by atoms with van der Waals surface area (Å²) >= 11 is 0. The van der Waals surface area contributed by atoms with E-state index in [2.05, 4.69) is 5.32 Å². The van der Waals surface area contributed by atoms with Gasteiger partial charge >= 0.3 is 23.9 Å². The van der Waals surface area contributed by atoms with Crippen LogP contribution in [0.25, 0.3) is 0 Å². The molecule has 10 heteroatoms. The fourth-order valence-electron chi connectivity index (χ4n) is 4.01. The lowest BCUT2D eigenvalue weighted by atomic mass is 9.92. The van der Waals surface area contributed by atoms with Crippen molar-refractivity contribution in [3.8, 4) is 0 Å². The molecule has 198 valence electrons. The van der Waals surface area contributed by atoms with Gasteiger partial charge in [-0.25, -0.2) is 9.59 Å². The number of hydrogen-bond donors (Lipinski definition) is 1. The number of allylic oxidation sites excluding steroid dienone is 2. The second kappa shape index (κ2) is 15.2. The molecular formula is C25H39NO9. The highest BCUT2D eigenvalue weighted by atomic mass is 16.6. The first-order valence-corrected chi connectivity index (χ1v) is 12.1. The Hall–Kier alpha value is -2.91. The van der Waals surface area contributed by atoms with Gasteiger partial charge in [0.1, 0.15) is 12.2 Å². The first-order valence-electron chi connectivity index (χ1n) is 12.1. The molecule has 0 unspecified atom stereocenters. The third kappa shape index (κ3) is 10.9. The summed E-state index contributed by atoms with van der Waals surface area (Å²) in [5, 5.41) is 2.76. The summed E-state index contributed by atoms with van der Waals surface area (Å²) in [7, 11) is 0. The number of esters is 4. The fraction of sp³-hybridized carbons (Fsp3) is 0.720. The van der Waals surface area contributed by atoms with Crippen LogP contribution < -0.4 is 5.32 Å². The van der Waals surface area contributed by atoms with E-state index in [-0.39, 0.29) is 24.2 Å². The number of ether oxygens (including phenoxy) is 4. The highest BCUT2D eigenvalue weighted by Gasteiger charge is 2.45. The number of unbranched alkanes of at least 4 members (excludes halogenated alkanes) is 1. The molecule has 1 amide bonds. The van der Waals surface area contributed by atoms with E-state index in [1.165, 1.54) is 27.7 Å². The van der Waals surface area contributed by atoms with Gasteiger partial charge in [-0.1, -0.05) is 19.1 Å². The Morgan fingerprint density at radius 3 is 1.97 bits per heavy atom. The Bertz CT molecular complexity index is 779. The summed E-state index contributed by atoms with van der Waals surface area (Å²) in [5.41, 5.74) is 0. The standard InChI is InChI=1S/C25H39NO9/c1-7-26-23(29)13-11-9-8-10-12-20-15(2)21(34-24(30)16(3)32-18(5)27)14-22(20)35-25(31)17(4)33-19(6)28/h8,10,15-17,20-22H,7,9,11-14H2,1-6H3,(H,26,29)/b10-8-/t15-,16+,17+,20-,21-,22+/m1/s1. The van der Waals surface area contributed by atoms with Crippen LogP contribution in [-0.2, 0) is 42.9 Å². The van der Waals surface area contributed by atoms with E-state index in [9.17, 15) is 24.0 Å². The van der Waals surface area contributed by atoms with Crippen LogP contribution in [0.3, 0.4) is 0 Å². The zero-order chi connectivity index (χ0) is 26.5. The van der Waals surface area contributed by atoms with Gasteiger partial charge in [-0.15, -0.1) is 0 Å². The molecule has 0 aromatic heterocycles. The summed E-state index contributed by atoms with van der Waals surface area (Å²) in [6, 6.07) is 0. The first kappa shape index (κ1) is 30.1. The van der Waals surface area contributed by atoms with Crippen molar-refractivity contribution in [1.82, 2.24) is 5.32 Å². The Labute approximate surface area is 207 Å². The first-order chi connectivity index (χ1) is 16.5. The van der Waals surface area contributed by atoms with Crippen molar-refractivity contribution >= 4 is 29.8 Å². The van der Waals surface area contributed by atoms with Crippen molar-refractivity contribution in [3.63, 3.8) is 0 Å². The number of nitrogens with one attached hydrogen (secondary N) is 1. The fourth-order valence-corrected chi connectivity index (χ4v) is 4.01. The van der Waals surface area contributed by atoms with Gasteiger partial charge in [0.15, 0.2) is 12.2 Å². The molecule has 0 saturated heterocycles. The topological polar surface area (TPSA) is 134 Å². The van der Waals surface area contributed by atoms with E-state index in [0.717, 1.165) is 12.8 Å². The van der Waals surface area contributed by atoms with E-state index in [1.807, 2.05) is 26.0 Å². The Balaban J connectivity index is 2.80. The molecule has 0 heterocycles. The van der Waals surface area contributed by atoms with E-state index in [4.69, 9.17) is 18.9 Å². The van der Waals surface area contributed by atoms with Crippen LogP contribution in [-0.4, -0.2) is 60.7 Å². The van der Waals surface area contributed by atoms with E-state index in [1.54, 1.807) is 0 Å². The third-order valence-electron chi connectivity index (χ3n) is 5.81. The van der Waals surface area contributed by atoms with Crippen molar-refractivity contribution in [3.05, 3.63) is 12.2 Å². The maximum absolute atomic E-state index is 12.5. The molecule has 0 aromatic carbocycles. The van der Waals surface area contributed by atoms with E-state index in [0.29, 0.717) is 19.4 Å². The number of carbonyl (C=O) groups excluding carboxylic acids is 5. The van der Waals surface area contributed by atoms with Crippen LogP contribution in [0.4, 0.5) is 0 Å². The van der Waals surface area contributed by atoms with Crippen LogP contribution in [0.5, 0.6) is 0 Å². The molecule has 1 rings (SSSR count). The van der Waals surface area contributed by atoms with Crippen LogP contribution in [0, 0.1) is 11.8 Å². The Morgan fingerprint density at radius 1 is 0.914 bits per heavy atom. The van der Waals surface area contributed by atoms with Gasteiger partial charge in [-0.2, -0.15) is 0 Å². The van der Waals surface area contributed by atoms with Crippen molar-refractivity contribution < 1.29 is 42.9 Å². The largest absolute Gasteiger partial charge is 0.459 e. The highest BCUT2D eigenvalue weighted by molar-refractivity contribution is 5.79. The van der Waals surface area contributed by atoms with Crippen LogP contribution >= 0.6 is 0 Å². The summed E-state index contributed by atoms with van der Waals surface area (Å²) in [5.74, 6) is -2.80. The molecule has 1 saturated carbocycles. The van der Waals surface area contributed by atoms with Gasteiger partial charge < -0.3 is 24.3 Å². The van der Waals surface area contributed by atoms with Crippen molar-refractivity contribution in [2.45, 2.75) is 98.1 Å². The molecular weight excluding hydrogens is 458 g/mol. The summed E-state index contributed by atoms with van der Waals surface area (Å²) < 4.78 is 21.0. The van der Waals surface area contributed by atoms with E-state index < -0.39 is 48.3 Å². The lowest BCUT2D eigenvalue weighted by Crippen LogP contribution is -2.31. The molecule has 6 atom stereocenters. The molecule has 1 N–H and O–H groups in total. The maximum atomic E-state index is 12.5. The predicted molar refractivity (Wildman–Crippen MR) is 126 cm³/mol. The molecule has 10 nitrogen and oxygen atoms in total. The van der Waals surface area contributed by atoms with Crippen molar-refractivity contribution in [2.24, 2.45) is 11.8 Å². The Morgan fingerprint density at radius 2 is 1.46 bits per heavy atom.